The van der Waals surface area contributed by atoms with Crippen LogP contribution in [0.2, 0.25) is 0 Å². The highest BCUT2D eigenvalue weighted by Crippen LogP contribution is 2.04. The SMILES string of the molecule is Brc1cncc(I)n1. The smallest absolute Gasteiger partial charge is 0.125 e. The summed E-state index contributed by atoms with van der Waals surface area (Å²) in [5.74, 6) is 0. The van der Waals surface area contributed by atoms with E-state index in [1.807, 2.05) is 0 Å². The third-order valence-corrected chi connectivity index (χ3v) is 1.48. The van der Waals surface area contributed by atoms with Crippen LogP contribution in [0.25, 0.3) is 0 Å². The Hall–Kier alpha value is 0.290. The zero-order chi connectivity index (χ0) is 5.98. The number of halogens is 2. The Bertz CT molecular complexity index is 174. The van der Waals surface area contributed by atoms with Crippen molar-refractivity contribution in [2.24, 2.45) is 0 Å². The molecule has 0 radical (unpaired) electrons. The fourth-order valence-electron chi connectivity index (χ4n) is 0.320. The van der Waals surface area contributed by atoms with Crippen molar-refractivity contribution in [3.63, 3.8) is 0 Å². The first-order chi connectivity index (χ1) is 3.79. The summed E-state index contributed by atoms with van der Waals surface area (Å²) in [5.41, 5.74) is 0. The second-order valence-electron chi connectivity index (χ2n) is 1.16. The molecule has 0 aromatic carbocycles. The van der Waals surface area contributed by atoms with Crippen LogP contribution in [0.4, 0.5) is 0 Å². The molecule has 1 aromatic rings. The minimum Gasteiger partial charge on any atom is -0.259 e. The normalized spacial score (nSPS) is 9.25. The van der Waals surface area contributed by atoms with Crippen molar-refractivity contribution in [3.05, 3.63) is 20.7 Å². The number of nitrogens with zero attached hydrogens (tertiary/aromatic N) is 2. The van der Waals surface area contributed by atoms with Gasteiger partial charge in [-0.25, -0.2) is 4.98 Å². The average Bonchev–Trinajstić information content (AvgIpc) is 1.64. The lowest BCUT2D eigenvalue weighted by molar-refractivity contribution is 1.13. The standard InChI is InChI=1S/C4H2BrIN2/c5-3-1-7-2-4(6)8-3/h1-2H. The first-order valence-corrected chi connectivity index (χ1v) is 3.79. The van der Waals surface area contributed by atoms with Crippen LogP contribution in [0.5, 0.6) is 0 Å². The van der Waals surface area contributed by atoms with Crippen LogP contribution in [0.1, 0.15) is 0 Å². The van der Waals surface area contributed by atoms with E-state index in [4.69, 9.17) is 0 Å². The molecule has 1 rings (SSSR count). The third-order valence-electron chi connectivity index (χ3n) is 0.576. The molecule has 4 heteroatoms. The molecule has 0 amide bonds. The maximum Gasteiger partial charge on any atom is 0.125 e. The van der Waals surface area contributed by atoms with E-state index in [-0.39, 0.29) is 0 Å². The quantitative estimate of drug-likeness (QED) is 0.680. The molecule has 0 fully saturated rings. The van der Waals surface area contributed by atoms with Crippen LogP contribution in [0.3, 0.4) is 0 Å². The van der Waals surface area contributed by atoms with Gasteiger partial charge in [-0.3, -0.25) is 4.98 Å². The molecule has 0 bridgehead atoms. The number of hydrogen-bond acceptors (Lipinski definition) is 2. The van der Waals surface area contributed by atoms with Gasteiger partial charge >= 0.3 is 0 Å². The Kier molecular flexibility index (Phi) is 2.18. The first kappa shape index (κ1) is 6.41. The summed E-state index contributed by atoms with van der Waals surface area (Å²) >= 11 is 5.29. The molecule has 0 aliphatic heterocycles. The Morgan fingerprint density at radius 2 is 2.25 bits per heavy atom. The molecule has 42 valence electrons. The van der Waals surface area contributed by atoms with Crippen molar-refractivity contribution >= 4 is 38.5 Å². The largest absolute Gasteiger partial charge is 0.259 e. The van der Waals surface area contributed by atoms with Gasteiger partial charge in [0.25, 0.3) is 0 Å². The fraction of sp³-hybridized carbons (Fsp3) is 0. The maximum atomic E-state index is 4.01. The molecular weight excluding hydrogens is 283 g/mol. The van der Waals surface area contributed by atoms with Crippen LogP contribution in [-0.4, -0.2) is 9.97 Å². The Balaban J connectivity index is 3.08. The molecule has 0 saturated heterocycles. The van der Waals surface area contributed by atoms with E-state index >= 15 is 0 Å². The summed E-state index contributed by atoms with van der Waals surface area (Å²) in [7, 11) is 0. The van der Waals surface area contributed by atoms with Crippen molar-refractivity contribution < 1.29 is 0 Å². The van der Waals surface area contributed by atoms with Gasteiger partial charge in [-0.1, -0.05) is 0 Å². The first-order valence-electron chi connectivity index (χ1n) is 1.92. The van der Waals surface area contributed by atoms with Crippen molar-refractivity contribution in [1.29, 1.82) is 0 Å². The maximum absolute atomic E-state index is 4.01. The van der Waals surface area contributed by atoms with E-state index < -0.39 is 0 Å². The van der Waals surface area contributed by atoms with Gasteiger partial charge < -0.3 is 0 Å². The Morgan fingerprint density at radius 3 is 2.62 bits per heavy atom. The minimum absolute atomic E-state index is 0.782. The summed E-state index contributed by atoms with van der Waals surface area (Å²) in [4.78, 5) is 7.88. The monoisotopic (exact) mass is 284 g/mol. The Labute approximate surface area is 69.0 Å². The zero-order valence-corrected chi connectivity index (χ0v) is 7.55. The van der Waals surface area contributed by atoms with E-state index in [0.29, 0.717) is 0 Å². The molecule has 0 spiro atoms. The van der Waals surface area contributed by atoms with Crippen LogP contribution in [0.15, 0.2) is 17.0 Å². The molecule has 0 saturated carbocycles. The van der Waals surface area contributed by atoms with Crippen LogP contribution < -0.4 is 0 Å². The molecule has 0 atom stereocenters. The van der Waals surface area contributed by atoms with Gasteiger partial charge in [0.1, 0.15) is 8.30 Å². The summed E-state index contributed by atoms with van der Waals surface area (Å²) in [6.45, 7) is 0. The lowest BCUT2D eigenvalue weighted by Crippen LogP contribution is -1.81. The molecule has 8 heavy (non-hydrogen) atoms. The summed E-state index contributed by atoms with van der Waals surface area (Å²) in [6, 6.07) is 0. The molecule has 0 aliphatic carbocycles. The van der Waals surface area contributed by atoms with Crippen LogP contribution in [-0.2, 0) is 0 Å². The van der Waals surface area contributed by atoms with E-state index in [9.17, 15) is 0 Å². The van der Waals surface area contributed by atoms with E-state index in [2.05, 4.69) is 48.5 Å². The third kappa shape index (κ3) is 1.66. The molecule has 0 aliphatic rings. The molecule has 2 nitrogen and oxygen atoms in total. The van der Waals surface area contributed by atoms with Gasteiger partial charge in [-0.05, 0) is 38.5 Å². The van der Waals surface area contributed by atoms with E-state index in [1.54, 1.807) is 12.4 Å². The minimum atomic E-state index is 0.782. The second kappa shape index (κ2) is 2.72. The number of aromatic nitrogens is 2. The predicted octanol–water partition coefficient (Wildman–Crippen LogP) is 1.84. The molecule has 0 N–H and O–H groups in total. The van der Waals surface area contributed by atoms with Crippen LogP contribution in [0, 0.1) is 3.70 Å². The van der Waals surface area contributed by atoms with Crippen molar-refractivity contribution in [2.75, 3.05) is 0 Å². The van der Waals surface area contributed by atoms with Gasteiger partial charge in [0.2, 0.25) is 0 Å². The molecular formula is C4H2BrIN2. The fourth-order valence-corrected chi connectivity index (χ4v) is 1.38. The second-order valence-corrected chi connectivity index (χ2v) is 3.08. The van der Waals surface area contributed by atoms with E-state index in [0.717, 1.165) is 8.30 Å². The molecule has 0 unspecified atom stereocenters. The topological polar surface area (TPSA) is 25.8 Å². The predicted molar refractivity (Wildman–Crippen MR) is 42.4 cm³/mol. The highest BCUT2D eigenvalue weighted by Gasteiger charge is 1.86. The van der Waals surface area contributed by atoms with Gasteiger partial charge in [0, 0.05) is 0 Å². The van der Waals surface area contributed by atoms with E-state index in [1.165, 1.54) is 0 Å². The van der Waals surface area contributed by atoms with Gasteiger partial charge in [-0.15, -0.1) is 0 Å². The van der Waals surface area contributed by atoms with Crippen molar-refractivity contribution in [2.45, 2.75) is 0 Å². The number of hydrogen-bond donors (Lipinski definition) is 0. The summed E-state index contributed by atoms with van der Waals surface area (Å²) in [6.07, 6.45) is 3.35. The average molecular weight is 285 g/mol. The molecule has 1 heterocycles. The lowest BCUT2D eigenvalue weighted by atomic mass is 10.8. The Morgan fingerprint density at radius 1 is 1.50 bits per heavy atom. The van der Waals surface area contributed by atoms with Gasteiger partial charge in [-0.2, -0.15) is 0 Å². The highest BCUT2D eigenvalue weighted by molar-refractivity contribution is 14.1. The number of rotatable bonds is 0. The van der Waals surface area contributed by atoms with Crippen molar-refractivity contribution in [1.82, 2.24) is 9.97 Å². The van der Waals surface area contributed by atoms with Crippen LogP contribution >= 0.6 is 38.5 Å². The highest BCUT2D eigenvalue weighted by atomic mass is 127. The summed E-state index contributed by atoms with van der Waals surface area (Å²) in [5, 5.41) is 0. The van der Waals surface area contributed by atoms with Gasteiger partial charge in [0.15, 0.2) is 0 Å². The molecule has 1 aromatic heterocycles. The summed E-state index contributed by atoms with van der Waals surface area (Å²) < 4.78 is 1.68. The van der Waals surface area contributed by atoms with Gasteiger partial charge in [0.05, 0.1) is 12.4 Å². The zero-order valence-electron chi connectivity index (χ0n) is 3.81. The lowest BCUT2D eigenvalue weighted by Gasteiger charge is -1.86. The van der Waals surface area contributed by atoms with Crippen molar-refractivity contribution in [3.8, 4) is 0 Å².